The van der Waals surface area contributed by atoms with E-state index in [9.17, 15) is 35.5 Å². The minimum absolute atomic E-state index is 0.164. The van der Waals surface area contributed by atoms with Gasteiger partial charge < -0.3 is 10.2 Å². The van der Waals surface area contributed by atoms with E-state index in [1.165, 1.54) is 30.3 Å². The van der Waals surface area contributed by atoms with Crippen LogP contribution in [0.4, 0.5) is 47.9 Å². The van der Waals surface area contributed by atoms with E-state index in [2.05, 4.69) is 26.9 Å². The number of hydrogen-bond acceptors (Lipinski definition) is 7. The third-order valence-corrected chi connectivity index (χ3v) is 8.40. The Morgan fingerprint density at radius 2 is 1.69 bits per heavy atom. The monoisotopic (exact) mass is 692 g/mol. The molecule has 0 bridgehead atoms. The molecule has 0 radical (unpaired) electrons. The molecule has 0 unspecified atom stereocenters. The van der Waals surface area contributed by atoms with Crippen LogP contribution in [0.15, 0.2) is 65.9 Å². The van der Waals surface area contributed by atoms with Gasteiger partial charge in [0.1, 0.15) is 11.6 Å². The number of aldehydes is 1. The highest BCUT2D eigenvalue weighted by Crippen LogP contribution is 2.69. The van der Waals surface area contributed by atoms with Gasteiger partial charge in [-0.3, -0.25) is 19.6 Å². The molecule has 2 fully saturated rings. The van der Waals surface area contributed by atoms with E-state index < -0.39 is 29.9 Å². The van der Waals surface area contributed by atoms with Crippen molar-refractivity contribution in [3.8, 4) is 0 Å². The number of nitrogens with zero attached hydrogens (tertiary/aromatic N) is 5. The smallest absolute Gasteiger partial charge is 0.325 e. The zero-order valence-corrected chi connectivity index (χ0v) is 26.8. The van der Waals surface area contributed by atoms with Crippen molar-refractivity contribution in [1.29, 1.82) is 0 Å². The summed E-state index contributed by atoms with van der Waals surface area (Å²) in [6.07, 6.45) is -1.61. The molecule has 3 heterocycles. The fourth-order valence-corrected chi connectivity index (χ4v) is 5.86. The first-order valence-electron chi connectivity index (χ1n) is 15.5. The van der Waals surface area contributed by atoms with Crippen molar-refractivity contribution in [2.75, 3.05) is 16.8 Å². The Labute approximate surface area is 278 Å². The van der Waals surface area contributed by atoms with Gasteiger partial charge in [-0.15, -0.1) is 0 Å². The average Bonchev–Trinajstić information content (AvgIpc) is 3.85. The second-order valence-electron chi connectivity index (χ2n) is 12.0. The Bertz CT molecular complexity index is 1680. The summed E-state index contributed by atoms with van der Waals surface area (Å²) in [4.78, 5) is 39.9. The maximum absolute atomic E-state index is 13.5. The molecule has 1 N–H and O–H groups in total. The molecule has 3 aliphatic rings. The molecule has 0 saturated heterocycles. The van der Waals surface area contributed by atoms with Gasteiger partial charge in [-0.25, -0.2) is 14.4 Å². The SMILES string of the molecule is C=C(CC)N=CC.O=C(Nc1ccc(F)cc1)C1(c2ccc3c(n2)CCCN3c2ccnc(C(F)(F)F)n2)CC2(CC2)C1.O=CC(F)(F)F. The van der Waals surface area contributed by atoms with Gasteiger partial charge in [-0.2, -0.15) is 26.3 Å². The second-order valence-corrected chi connectivity index (χ2v) is 12.0. The first-order valence-corrected chi connectivity index (χ1v) is 15.5. The lowest BCUT2D eigenvalue weighted by Gasteiger charge is -2.47. The minimum Gasteiger partial charge on any atom is -0.325 e. The molecule has 8 nitrogen and oxygen atoms in total. The number of anilines is 3. The number of allylic oxidation sites excluding steroid dienone is 1. The summed E-state index contributed by atoms with van der Waals surface area (Å²) in [6, 6.07) is 10.8. The van der Waals surface area contributed by atoms with Crippen molar-refractivity contribution >= 4 is 35.6 Å². The van der Waals surface area contributed by atoms with Gasteiger partial charge in [0.05, 0.1) is 22.5 Å². The third kappa shape index (κ3) is 9.27. The molecule has 49 heavy (non-hydrogen) atoms. The van der Waals surface area contributed by atoms with Crippen LogP contribution in [-0.2, 0) is 27.6 Å². The lowest BCUT2D eigenvalue weighted by molar-refractivity contribution is -0.156. The standard InChI is InChI=1S/C26H23F4N5O.C6H11N.C2HF3O/c27-16-3-5-17(6-4-16)32-23(36)25(14-24(15-25)10-11-24)20-8-7-19-18(33-20)2-1-13-35(19)21-9-12-31-22(34-21)26(28,29)30;1-4-6(3)7-5-2;3-2(4,5)1-6/h3-9,12H,1-2,10-11,13-15H2,(H,32,36);5H,3-4H2,1-2H3;1H. The van der Waals surface area contributed by atoms with Crippen LogP contribution in [0.5, 0.6) is 0 Å². The number of benzene rings is 1. The minimum atomic E-state index is -4.64. The number of halogens is 7. The van der Waals surface area contributed by atoms with Crippen LogP contribution < -0.4 is 10.2 Å². The summed E-state index contributed by atoms with van der Waals surface area (Å²) < 4.78 is 84.1. The summed E-state index contributed by atoms with van der Waals surface area (Å²) in [5, 5.41) is 2.93. The highest BCUT2D eigenvalue weighted by molar-refractivity contribution is 6.00. The average molecular weight is 693 g/mol. The highest BCUT2D eigenvalue weighted by atomic mass is 19.4. The van der Waals surface area contributed by atoms with Gasteiger partial charge in [0.2, 0.25) is 18.0 Å². The summed E-state index contributed by atoms with van der Waals surface area (Å²) in [5.74, 6) is -1.57. The summed E-state index contributed by atoms with van der Waals surface area (Å²) in [5.41, 5.74) is 2.95. The Hall–Kier alpha value is -4.69. The molecule has 2 aliphatic carbocycles. The van der Waals surface area contributed by atoms with Crippen molar-refractivity contribution in [1.82, 2.24) is 15.0 Å². The largest absolute Gasteiger partial charge is 0.451 e. The normalized spacial score (nSPS) is 17.0. The van der Waals surface area contributed by atoms with E-state index in [1.807, 2.05) is 26.0 Å². The van der Waals surface area contributed by atoms with Crippen LogP contribution in [0.3, 0.4) is 0 Å². The number of alkyl halides is 6. The molecule has 15 heteroatoms. The van der Waals surface area contributed by atoms with Gasteiger partial charge in [0.15, 0.2) is 0 Å². The third-order valence-electron chi connectivity index (χ3n) is 8.40. The number of nitrogens with one attached hydrogen (secondary N) is 1. The maximum atomic E-state index is 13.5. The van der Waals surface area contributed by atoms with Crippen molar-refractivity contribution in [3.05, 3.63) is 84.0 Å². The highest BCUT2D eigenvalue weighted by Gasteiger charge is 2.65. The predicted molar refractivity (Wildman–Crippen MR) is 170 cm³/mol. The second kappa shape index (κ2) is 14.8. The van der Waals surface area contributed by atoms with Gasteiger partial charge in [-0.1, -0.05) is 13.5 Å². The Balaban J connectivity index is 0.000000355. The lowest BCUT2D eigenvalue weighted by atomic mass is 9.57. The summed E-state index contributed by atoms with van der Waals surface area (Å²) >= 11 is 0. The number of hydrogen-bond donors (Lipinski definition) is 1. The van der Waals surface area contributed by atoms with E-state index in [4.69, 9.17) is 9.78 Å². The van der Waals surface area contributed by atoms with Crippen molar-refractivity contribution < 1.29 is 40.3 Å². The molecule has 2 aromatic heterocycles. The fourth-order valence-electron chi connectivity index (χ4n) is 5.86. The number of carbonyl (C=O) groups excluding carboxylic acids is 2. The lowest BCUT2D eigenvalue weighted by Crippen LogP contribution is -2.52. The number of amides is 1. The first kappa shape index (κ1) is 37.1. The van der Waals surface area contributed by atoms with Crippen LogP contribution in [0.25, 0.3) is 0 Å². The van der Waals surface area contributed by atoms with E-state index in [1.54, 1.807) is 11.1 Å². The number of carbonyl (C=O) groups is 2. The molecular weight excluding hydrogens is 657 g/mol. The molecule has 1 spiro atoms. The molecule has 2 saturated carbocycles. The number of rotatable bonds is 6. The molecule has 262 valence electrons. The molecule has 1 aromatic carbocycles. The van der Waals surface area contributed by atoms with E-state index >= 15 is 0 Å². The number of aliphatic imine (C=N–C) groups is 1. The molecule has 1 amide bonds. The van der Waals surface area contributed by atoms with E-state index in [0.717, 1.165) is 36.9 Å². The van der Waals surface area contributed by atoms with Crippen LogP contribution in [0, 0.1) is 11.2 Å². The van der Waals surface area contributed by atoms with Crippen molar-refractivity contribution in [2.45, 2.75) is 76.6 Å². The van der Waals surface area contributed by atoms with Crippen LogP contribution in [0.2, 0.25) is 0 Å². The zero-order chi connectivity index (χ0) is 36.0. The fraction of sp³-hybridized carbons (Fsp3) is 0.412. The van der Waals surface area contributed by atoms with Crippen LogP contribution in [-0.4, -0.2) is 46.1 Å². The summed E-state index contributed by atoms with van der Waals surface area (Å²) in [7, 11) is 0. The van der Waals surface area contributed by atoms with E-state index in [-0.39, 0.29) is 23.0 Å². The number of pyridine rings is 1. The first-order chi connectivity index (χ1) is 23.0. The molecular formula is C34H35F7N6O2. The molecule has 3 aromatic rings. The van der Waals surface area contributed by atoms with Gasteiger partial charge in [-0.05, 0) is 99.7 Å². The van der Waals surface area contributed by atoms with Crippen molar-refractivity contribution in [2.24, 2.45) is 10.4 Å². The number of aromatic nitrogens is 3. The molecule has 1 aliphatic heterocycles. The number of fused-ring (bicyclic) bond motifs is 1. The quantitative estimate of drug-likeness (QED) is 0.159. The Morgan fingerprint density at radius 3 is 2.22 bits per heavy atom. The molecule has 6 rings (SSSR count). The summed E-state index contributed by atoms with van der Waals surface area (Å²) in [6.45, 7) is 8.09. The Morgan fingerprint density at radius 1 is 1.04 bits per heavy atom. The van der Waals surface area contributed by atoms with Crippen LogP contribution >= 0.6 is 0 Å². The maximum Gasteiger partial charge on any atom is 0.451 e. The molecule has 0 atom stereocenters. The van der Waals surface area contributed by atoms with Gasteiger partial charge in [0, 0.05) is 30.3 Å². The number of aryl methyl sites for hydroxylation is 1. The topological polar surface area (TPSA) is 100 Å². The van der Waals surface area contributed by atoms with Gasteiger partial charge in [0.25, 0.3) is 0 Å². The van der Waals surface area contributed by atoms with Crippen LogP contribution in [0.1, 0.15) is 69.6 Å². The van der Waals surface area contributed by atoms with Gasteiger partial charge >= 0.3 is 12.4 Å². The van der Waals surface area contributed by atoms with E-state index in [0.29, 0.717) is 49.3 Å². The Kier molecular flexibility index (Phi) is 11.2. The zero-order valence-electron chi connectivity index (χ0n) is 26.8. The van der Waals surface area contributed by atoms with Crippen molar-refractivity contribution in [3.63, 3.8) is 0 Å². The predicted octanol–water partition coefficient (Wildman–Crippen LogP) is 8.31.